The van der Waals surface area contributed by atoms with Crippen molar-refractivity contribution in [1.82, 2.24) is 0 Å². The molecule has 0 unspecified atom stereocenters. The van der Waals surface area contributed by atoms with Gasteiger partial charge >= 0.3 is 0 Å². The Bertz CT molecular complexity index is 101. The molecular formula is C7H11O. The van der Waals surface area contributed by atoms with Crippen LogP contribution in [-0.4, -0.2) is 6.61 Å². The molecule has 0 atom stereocenters. The summed E-state index contributed by atoms with van der Waals surface area (Å²) in [6, 6.07) is 0. The molecule has 0 aromatic heterocycles. The molecule has 0 saturated heterocycles. The third-order valence-corrected chi connectivity index (χ3v) is 0.835. The highest BCUT2D eigenvalue weighted by molar-refractivity contribution is 5.14. The Morgan fingerprint density at radius 1 is 1.62 bits per heavy atom. The molecule has 0 aromatic rings. The van der Waals surface area contributed by atoms with E-state index < -0.39 is 0 Å². The zero-order valence-electron chi connectivity index (χ0n) is 5.35. The molecule has 0 aliphatic heterocycles. The van der Waals surface area contributed by atoms with Crippen molar-refractivity contribution < 1.29 is 5.11 Å². The predicted octanol–water partition coefficient (Wildman–Crippen LogP) is 1.94. The van der Waals surface area contributed by atoms with Gasteiger partial charge in [-0.15, -0.1) is 0 Å². The topological polar surface area (TPSA) is 19.9 Å². The van der Waals surface area contributed by atoms with E-state index in [1.807, 2.05) is 26.0 Å². The van der Waals surface area contributed by atoms with Crippen molar-refractivity contribution in [2.75, 3.05) is 6.61 Å². The molecule has 0 rings (SSSR count). The van der Waals surface area contributed by atoms with Gasteiger partial charge in [-0.3, -0.25) is 0 Å². The molecule has 0 saturated carbocycles. The lowest BCUT2D eigenvalue weighted by molar-refractivity contribution is 0.232. The summed E-state index contributed by atoms with van der Waals surface area (Å²) < 4.78 is 0. The number of hydrogen-bond acceptors (Lipinski definition) is 0. The second-order valence-electron chi connectivity index (χ2n) is 1.61. The van der Waals surface area contributed by atoms with E-state index in [9.17, 15) is 5.11 Å². The highest BCUT2D eigenvalue weighted by Gasteiger charge is 1.75. The van der Waals surface area contributed by atoms with Gasteiger partial charge in [-0.2, -0.15) is 0 Å². The lowest BCUT2D eigenvalue weighted by Gasteiger charge is -1.84. The summed E-state index contributed by atoms with van der Waals surface area (Å²) in [7, 11) is 0. The standard InChI is InChI=1S/C7H11O/c1-3-4-7(2)5-6-8/h3-5H,6H2,1-2H3/b4-3+,7-5+. The second-order valence-corrected chi connectivity index (χ2v) is 1.61. The van der Waals surface area contributed by atoms with Crippen LogP contribution in [0.5, 0.6) is 0 Å². The van der Waals surface area contributed by atoms with Gasteiger partial charge in [-0.1, -0.05) is 23.8 Å². The smallest absolute Gasteiger partial charge is 0.101 e. The maximum Gasteiger partial charge on any atom is 0.101 e. The highest BCUT2D eigenvalue weighted by Crippen LogP contribution is 1.91. The van der Waals surface area contributed by atoms with E-state index >= 15 is 0 Å². The van der Waals surface area contributed by atoms with Crippen LogP contribution in [0.25, 0.3) is 0 Å². The van der Waals surface area contributed by atoms with Crippen molar-refractivity contribution in [3.05, 3.63) is 23.8 Å². The molecule has 1 heteroatoms. The predicted molar refractivity (Wildman–Crippen MR) is 34.1 cm³/mol. The van der Waals surface area contributed by atoms with Crippen LogP contribution in [0.3, 0.4) is 0 Å². The first-order valence-corrected chi connectivity index (χ1v) is 2.68. The van der Waals surface area contributed by atoms with Gasteiger partial charge in [0.1, 0.15) is 6.61 Å². The fourth-order valence-electron chi connectivity index (χ4n) is 0.462. The Morgan fingerprint density at radius 3 is 2.62 bits per heavy atom. The lowest BCUT2D eigenvalue weighted by atomic mass is 10.3. The normalized spacial score (nSPS) is 13.1. The second kappa shape index (κ2) is 4.60. The maximum absolute atomic E-state index is 9.90. The van der Waals surface area contributed by atoms with Crippen LogP contribution in [0.15, 0.2) is 23.8 Å². The summed E-state index contributed by atoms with van der Waals surface area (Å²) in [6.07, 6.45) is 5.49. The molecule has 0 aromatic carbocycles. The molecule has 0 bridgehead atoms. The Morgan fingerprint density at radius 2 is 2.25 bits per heavy atom. The van der Waals surface area contributed by atoms with Crippen LogP contribution in [0, 0.1) is 0 Å². The Labute approximate surface area is 50.3 Å². The number of hydrogen-bond donors (Lipinski definition) is 0. The largest absolute Gasteiger partial charge is 0.232 e. The molecule has 45 valence electrons. The van der Waals surface area contributed by atoms with Gasteiger partial charge in [0, 0.05) is 0 Å². The minimum atomic E-state index is -0.115. The first-order chi connectivity index (χ1) is 3.81. The Hall–Kier alpha value is -0.560. The minimum Gasteiger partial charge on any atom is -0.232 e. The summed E-state index contributed by atoms with van der Waals surface area (Å²) >= 11 is 0. The Balaban J connectivity index is 3.61. The van der Waals surface area contributed by atoms with E-state index in [0.717, 1.165) is 5.57 Å². The van der Waals surface area contributed by atoms with E-state index in [2.05, 4.69) is 0 Å². The van der Waals surface area contributed by atoms with Crippen LogP contribution in [0.2, 0.25) is 0 Å². The summed E-state index contributed by atoms with van der Waals surface area (Å²) in [4.78, 5) is 0. The van der Waals surface area contributed by atoms with Gasteiger partial charge in [0.2, 0.25) is 0 Å². The summed E-state index contributed by atoms with van der Waals surface area (Å²) in [6.45, 7) is 3.73. The first kappa shape index (κ1) is 7.44. The minimum absolute atomic E-state index is 0.115. The fourth-order valence-corrected chi connectivity index (χ4v) is 0.462. The van der Waals surface area contributed by atoms with E-state index in [-0.39, 0.29) is 6.61 Å². The van der Waals surface area contributed by atoms with Gasteiger partial charge in [0.05, 0.1) is 0 Å². The van der Waals surface area contributed by atoms with Gasteiger partial charge < -0.3 is 0 Å². The first-order valence-electron chi connectivity index (χ1n) is 2.68. The van der Waals surface area contributed by atoms with Gasteiger partial charge in [0.25, 0.3) is 0 Å². The molecule has 8 heavy (non-hydrogen) atoms. The van der Waals surface area contributed by atoms with Crippen molar-refractivity contribution in [1.29, 1.82) is 0 Å². The fraction of sp³-hybridized carbons (Fsp3) is 0.429. The van der Waals surface area contributed by atoms with E-state index in [0.29, 0.717) is 0 Å². The number of allylic oxidation sites excluding steroid dienone is 3. The maximum atomic E-state index is 9.90. The van der Waals surface area contributed by atoms with E-state index in [1.165, 1.54) is 0 Å². The molecule has 0 aliphatic rings. The van der Waals surface area contributed by atoms with Crippen LogP contribution in [0.4, 0.5) is 0 Å². The molecule has 0 spiro atoms. The molecule has 1 radical (unpaired) electrons. The van der Waals surface area contributed by atoms with Gasteiger partial charge in [-0.25, -0.2) is 5.11 Å². The quantitative estimate of drug-likeness (QED) is 0.485. The van der Waals surface area contributed by atoms with Crippen LogP contribution in [0.1, 0.15) is 13.8 Å². The van der Waals surface area contributed by atoms with Crippen molar-refractivity contribution in [3.63, 3.8) is 0 Å². The average molecular weight is 111 g/mol. The summed E-state index contributed by atoms with van der Waals surface area (Å²) in [5.74, 6) is 0. The van der Waals surface area contributed by atoms with Crippen LogP contribution < -0.4 is 0 Å². The average Bonchev–Trinajstić information content (AvgIpc) is 1.68. The molecular weight excluding hydrogens is 100 g/mol. The van der Waals surface area contributed by atoms with Crippen molar-refractivity contribution in [3.8, 4) is 0 Å². The summed E-state index contributed by atoms with van der Waals surface area (Å²) in [5.41, 5.74) is 1.04. The van der Waals surface area contributed by atoms with Crippen molar-refractivity contribution in [2.24, 2.45) is 0 Å². The van der Waals surface area contributed by atoms with Crippen molar-refractivity contribution >= 4 is 0 Å². The summed E-state index contributed by atoms with van der Waals surface area (Å²) in [5, 5.41) is 9.90. The molecule has 0 aliphatic carbocycles. The van der Waals surface area contributed by atoms with E-state index in [1.54, 1.807) is 6.08 Å². The molecule has 0 heterocycles. The van der Waals surface area contributed by atoms with E-state index in [4.69, 9.17) is 0 Å². The van der Waals surface area contributed by atoms with Gasteiger partial charge in [0.15, 0.2) is 0 Å². The molecule has 1 nitrogen and oxygen atoms in total. The van der Waals surface area contributed by atoms with Crippen LogP contribution in [-0.2, 0) is 5.11 Å². The van der Waals surface area contributed by atoms with Crippen molar-refractivity contribution in [2.45, 2.75) is 13.8 Å². The zero-order valence-corrected chi connectivity index (χ0v) is 5.35. The zero-order chi connectivity index (χ0) is 6.41. The monoisotopic (exact) mass is 111 g/mol. The third-order valence-electron chi connectivity index (χ3n) is 0.835. The highest BCUT2D eigenvalue weighted by atomic mass is 16.2. The number of rotatable bonds is 2. The molecule has 0 fully saturated rings. The van der Waals surface area contributed by atoms with Crippen LogP contribution >= 0.6 is 0 Å². The van der Waals surface area contributed by atoms with Gasteiger partial charge in [-0.05, 0) is 13.8 Å². The molecule has 0 N–H and O–H groups in total. The molecule has 0 amide bonds. The third kappa shape index (κ3) is 3.62. The Kier molecular flexibility index (Phi) is 4.27. The lowest BCUT2D eigenvalue weighted by Crippen LogP contribution is -1.72. The SMILES string of the molecule is C/C=C/C(C)=C/C[O].